The van der Waals surface area contributed by atoms with Gasteiger partial charge in [-0.05, 0) is 64.7 Å². The maximum atomic E-state index is 13.7. The van der Waals surface area contributed by atoms with Crippen LogP contribution in [-0.2, 0) is 36.8 Å². The van der Waals surface area contributed by atoms with E-state index in [2.05, 4.69) is 21.4 Å². The van der Waals surface area contributed by atoms with Crippen molar-refractivity contribution in [2.75, 3.05) is 91.5 Å². The van der Waals surface area contributed by atoms with Crippen LogP contribution in [0.25, 0.3) is 12.2 Å². The normalized spacial score (nSPS) is 12.5. The number of carbonyl (C=O) groups excluding carboxylic acids is 4. The van der Waals surface area contributed by atoms with Gasteiger partial charge in [-0.3, -0.25) is 19.4 Å². The fourth-order valence-electron chi connectivity index (χ4n) is 7.72. The number of rotatable bonds is 24. The predicted molar refractivity (Wildman–Crippen MR) is 252 cm³/mol. The molecule has 1 unspecified atom stereocenters. The summed E-state index contributed by atoms with van der Waals surface area (Å²) in [5.41, 5.74) is 6.48. The largest absolute Gasteiger partial charge is 0.464 e. The van der Waals surface area contributed by atoms with Crippen molar-refractivity contribution in [2.45, 2.75) is 25.6 Å². The zero-order valence-corrected chi connectivity index (χ0v) is 37.9. The number of methoxy groups -OCH3 is 2. The van der Waals surface area contributed by atoms with Crippen molar-refractivity contribution in [1.82, 2.24) is 25.1 Å². The Labute approximate surface area is 390 Å². The summed E-state index contributed by atoms with van der Waals surface area (Å²) in [6.45, 7) is 3.49. The number of hydrogen-bond acceptors (Lipinski definition) is 14. The van der Waals surface area contributed by atoms with E-state index in [-0.39, 0.29) is 62.5 Å². The highest BCUT2D eigenvalue weighted by molar-refractivity contribution is 5.98. The lowest BCUT2D eigenvalue weighted by molar-refractivity contribution is -0.118. The van der Waals surface area contributed by atoms with E-state index >= 15 is 0 Å². The van der Waals surface area contributed by atoms with Crippen molar-refractivity contribution in [3.63, 3.8) is 0 Å². The first-order chi connectivity index (χ1) is 32.7. The summed E-state index contributed by atoms with van der Waals surface area (Å²) in [5, 5.41) is 22.7. The van der Waals surface area contributed by atoms with Crippen molar-refractivity contribution >= 4 is 41.6 Å². The second-order valence-electron chi connectivity index (χ2n) is 15.5. The molecule has 1 atom stereocenters. The average molecular weight is 915 g/mol. The van der Waals surface area contributed by atoms with E-state index in [9.17, 15) is 29.4 Å². The van der Waals surface area contributed by atoms with Crippen LogP contribution in [0.3, 0.4) is 0 Å². The van der Waals surface area contributed by atoms with E-state index in [1.54, 1.807) is 53.4 Å². The molecule has 2 amide bonds. The molecule has 6 rings (SSSR count). The van der Waals surface area contributed by atoms with Crippen molar-refractivity contribution in [3.8, 4) is 0 Å². The Balaban J connectivity index is 1.04. The van der Waals surface area contributed by atoms with Crippen LogP contribution >= 0.6 is 0 Å². The number of esters is 2. The quantitative estimate of drug-likeness (QED) is 0.0565. The molecule has 3 N–H and O–H groups in total. The summed E-state index contributed by atoms with van der Waals surface area (Å²) in [6, 6.07) is 32.4. The zero-order valence-electron chi connectivity index (χ0n) is 37.9. The Kier molecular flexibility index (Phi) is 19.2. The monoisotopic (exact) mass is 914 g/mol. The molecule has 1 aliphatic heterocycles. The Hall–Kier alpha value is -6.66. The molecule has 3 aromatic carbocycles. The van der Waals surface area contributed by atoms with Gasteiger partial charge in [-0.1, -0.05) is 78.9 Å². The molecule has 0 bridgehead atoms. The Bertz CT molecular complexity index is 2450. The van der Waals surface area contributed by atoms with Gasteiger partial charge in [0.15, 0.2) is 0 Å². The molecule has 0 saturated heterocycles. The molecule has 0 saturated carbocycles. The van der Waals surface area contributed by atoms with E-state index in [0.29, 0.717) is 69.5 Å². The van der Waals surface area contributed by atoms with Crippen molar-refractivity contribution < 1.29 is 48.3 Å². The first kappa shape index (κ1) is 49.8. The number of benzene rings is 3. The van der Waals surface area contributed by atoms with Gasteiger partial charge in [-0.25, -0.2) is 19.6 Å². The van der Waals surface area contributed by atoms with E-state index in [4.69, 9.17) is 18.9 Å². The number of para-hydroxylation sites is 1. The van der Waals surface area contributed by atoms with Gasteiger partial charge in [0.05, 0.1) is 83.5 Å². The molecule has 0 fully saturated rings. The van der Waals surface area contributed by atoms with Gasteiger partial charge < -0.3 is 39.4 Å². The molecule has 0 radical (unpaired) electrons. The lowest BCUT2D eigenvalue weighted by Gasteiger charge is -2.31. The van der Waals surface area contributed by atoms with Gasteiger partial charge in [-0.15, -0.1) is 0 Å². The minimum absolute atomic E-state index is 0.0545. The Morgan fingerprint density at radius 3 is 2.04 bits per heavy atom. The predicted octanol–water partition coefficient (Wildman–Crippen LogP) is 4.80. The second-order valence-corrected chi connectivity index (χ2v) is 15.5. The van der Waals surface area contributed by atoms with Crippen molar-refractivity contribution in [3.05, 3.63) is 160 Å². The van der Waals surface area contributed by atoms with Gasteiger partial charge in [0.1, 0.15) is 11.4 Å². The molecule has 16 nitrogen and oxygen atoms in total. The third-order valence-corrected chi connectivity index (χ3v) is 11.1. The van der Waals surface area contributed by atoms with E-state index in [0.717, 1.165) is 27.9 Å². The number of aromatic nitrogens is 2. The van der Waals surface area contributed by atoms with Crippen LogP contribution in [0.15, 0.2) is 109 Å². The number of pyridine rings is 2. The second kappa shape index (κ2) is 25.9. The highest BCUT2D eigenvalue weighted by Crippen LogP contribution is 2.30. The fraction of sp³-hybridized carbons (Fsp3) is 0.333. The fourth-order valence-corrected chi connectivity index (χ4v) is 7.72. The average Bonchev–Trinajstić information content (AvgIpc) is 3.35. The van der Waals surface area contributed by atoms with Gasteiger partial charge in [0.2, 0.25) is 5.91 Å². The van der Waals surface area contributed by atoms with Crippen LogP contribution in [0.1, 0.15) is 77.4 Å². The Morgan fingerprint density at radius 1 is 0.687 bits per heavy atom. The maximum absolute atomic E-state index is 13.7. The number of nitrogens with zero attached hydrogens (tertiary/aromatic N) is 5. The highest BCUT2D eigenvalue weighted by Gasteiger charge is 2.26. The number of ether oxygens (including phenoxy) is 4. The first-order valence-corrected chi connectivity index (χ1v) is 22.2. The number of aliphatic hydroxyl groups is 2. The molecule has 67 heavy (non-hydrogen) atoms. The van der Waals surface area contributed by atoms with Crippen LogP contribution in [0.4, 0.5) is 5.69 Å². The van der Waals surface area contributed by atoms with Crippen molar-refractivity contribution in [2.24, 2.45) is 0 Å². The number of anilines is 1. The van der Waals surface area contributed by atoms with Gasteiger partial charge >= 0.3 is 11.9 Å². The summed E-state index contributed by atoms with van der Waals surface area (Å²) in [6.07, 6.45) is 4.17. The summed E-state index contributed by atoms with van der Waals surface area (Å²) in [4.78, 5) is 66.4. The number of fused-ring (bicyclic) bond motifs is 2. The maximum Gasteiger partial charge on any atom is 0.356 e. The van der Waals surface area contributed by atoms with Crippen LogP contribution < -0.4 is 10.2 Å². The van der Waals surface area contributed by atoms with Crippen molar-refractivity contribution in [1.29, 1.82) is 0 Å². The molecule has 1 aliphatic rings. The molecule has 0 aliphatic carbocycles. The number of carbonyl (C=O) groups is 4. The first-order valence-electron chi connectivity index (χ1n) is 22.2. The SMILES string of the molecule is COC(=O)c1cccc(CN(CCO)CCOCCOCCN(CCO)C(c2ccc(C(=O)NCCC(=O)N3Cc4ccccc4C=Cc4ccccc43)cc2)c2cccc(C(=O)OC)n2)n1. The minimum Gasteiger partial charge on any atom is -0.464 e. The smallest absolute Gasteiger partial charge is 0.356 e. The van der Waals surface area contributed by atoms with Crippen LogP contribution in [-0.4, -0.2) is 140 Å². The van der Waals surface area contributed by atoms with Crippen LogP contribution in [0.5, 0.6) is 0 Å². The summed E-state index contributed by atoms with van der Waals surface area (Å²) < 4.78 is 21.5. The summed E-state index contributed by atoms with van der Waals surface area (Å²) >= 11 is 0. The lowest BCUT2D eigenvalue weighted by atomic mass is 9.99. The lowest BCUT2D eigenvalue weighted by Crippen LogP contribution is -2.36. The molecule has 0 spiro atoms. The Morgan fingerprint density at radius 2 is 1.33 bits per heavy atom. The summed E-state index contributed by atoms with van der Waals surface area (Å²) in [7, 11) is 2.59. The van der Waals surface area contributed by atoms with Crippen LogP contribution in [0.2, 0.25) is 0 Å². The van der Waals surface area contributed by atoms with Gasteiger partial charge in [0.25, 0.3) is 5.91 Å². The van der Waals surface area contributed by atoms with E-state index < -0.39 is 18.0 Å². The number of amides is 2. The number of nitrogens with one attached hydrogen (secondary N) is 1. The zero-order chi connectivity index (χ0) is 47.4. The molecule has 3 heterocycles. The molecule has 16 heteroatoms. The molecule has 5 aromatic rings. The third kappa shape index (κ3) is 14.2. The number of hydrogen-bond donors (Lipinski definition) is 3. The van der Waals surface area contributed by atoms with Gasteiger partial charge in [0, 0.05) is 51.3 Å². The van der Waals surface area contributed by atoms with Crippen LogP contribution in [0, 0.1) is 0 Å². The third-order valence-electron chi connectivity index (χ3n) is 11.1. The van der Waals surface area contributed by atoms with E-state index in [1.165, 1.54) is 14.2 Å². The van der Waals surface area contributed by atoms with E-state index in [1.807, 2.05) is 76.5 Å². The topological polar surface area (TPSA) is 193 Å². The number of aliphatic hydroxyl groups excluding tert-OH is 2. The molecule has 2 aromatic heterocycles. The molecular weight excluding hydrogens is 857 g/mol. The molecule has 352 valence electrons. The highest BCUT2D eigenvalue weighted by atomic mass is 16.5. The molecular formula is C51H58N6O10. The minimum atomic E-state index is -0.593. The standard InChI is InChI=1S/C51H58N6O10/c1-64-50(62)44-14-7-12-42(53-44)36-55(25-29-58)27-31-66-33-34-67-32-28-56(26-30-59)48(43-13-8-15-45(54-43)51(63)65-2)39-19-21-40(22-20-39)49(61)52-24-23-47(60)57-35-41-11-4-3-9-37(41)17-18-38-10-5-6-16-46(38)57/h3-22,48,58-59H,23-36H2,1-2H3,(H,52,61). The summed E-state index contributed by atoms with van der Waals surface area (Å²) in [5.74, 6) is -1.57. The van der Waals surface area contributed by atoms with Gasteiger partial charge in [-0.2, -0.15) is 0 Å².